The topological polar surface area (TPSA) is 268 Å². The van der Waals surface area contributed by atoms with Gasteiger partial charge in [0.1, 0.15) is 48.6 Å². The highest BCUT2D eigenvalue weighted by molar-refractivity contribution is 7.18. The number of benzene rings is 1. The van der Waals surface area contributed by atoms with E-state index >= 15 is 0 Å². The smallest absolute Gasteiger partial charge is 0.234 e. The van der Waals surface area contributed by atoms with Crippen LogP contribution >= 0.6 is 11.3 Å². The maximum absolute atomic E-state index is 10.2. The van der Waals surface area contributed by atoms with Gasteiger partial charge in [0, 0.05) is 20.9 Å². The molecule has 0 radical (unpaired) electrons. The number of thiophene rings is 1. The number of hydrogen-bond acceptors (Lipinski definition) is 15. The summed E-state index contributed by atoms with van der Waals surface area (Å²) in [6.07, 6.45) is 0. The zero-order valence-electron chi connectivity index (χ0n) is 23.1. The third kappa shape index (κ3) is 4.50. The molecule has 0 aliphatic carbocycles. The normalized spacial score (nSPS) is 11.5. The van der Waals surface area contributed by atoms with Gasteiger partial charge in [-0.1, -0.05) is 0 Å². The molecular formula is C32H6N14S. The van der Waals surface area contributed by atoms with Crippen molar-refractivity contribution in [2.75, 3.05) is 0 Å². The number of hydrogen-bond donors (Lipinski definition) is 0. The molecule has 0 spiro atoms. The third-order valence-corrected chi connectivity index (χ3v) is 7.84. The van der Waals surface area contributed by atoms with Crippen molar-refractivity contribution in [3.8, 4) is 48.6 Å². The number of rotatable bonds is 2. The molecule has 15 heteroatoms. The fourth-order valence-corrected chi connectivity index (χ4v) is 5.93. The van der Waals surface area contributed by atoms with Gasteiger partial charge in [-0.2, -0.15) is 42.1 Å². The van der Waals surface area contributed by atoms with E-state index in [0.717, 1.165) is 10.1 Å². The Kier molecular flexibility index (Phi) is 7.07. The third-order valence-electron chi connectivity index (χ3n) is 6.89. The zero-order valence-corrected chi connectivity index (χ0v) is 23.9. The molecule has 14 nitrogen and oxygen atoms in total. The number of aromatic nitrogens is 6. The van der Waals surface area contributed by atoms with Crippen LogP contribution in [0.25, 0.3) is 43.0 Å². The van der Waals surface area contributed by atoms with Crippen molar-refractivity contribution in [1.82, 2.24) is 29.9 Å². The molecule has 0 N–H and O–H groups in total. The summed E-state index contributed by atoms with van der Waals surface area (Å²) in [5.41, 5.74) is -1.61. The van der Waals surface area contributed by atoms with E-state index in [1.165, 1.54) is 23.5 Å². The molecule has 5 aromatic heterocycles. The van der Waals surface area contributed by atoms with Crippen LogP contribution in [0.15, 0.2) is 35.7 Å². The van der Waals surface area contributed by atoms with Crippen LogP contribution in [0.3, 0.4) is 0 Å². The molecule has 0 amide bonds. The summed E-state index contributed by atoms with van der Waals surface area (Å²) in [6.45, 7) is 0. The van der Waals surface area contributed by atoms with Gasteiger partial charge in [-0.3, -0.25) is 0 Å². The van der Waals surface area contributed by atoms with Gasteiger partial charge in [0.15, 0.2) is 22.8 Å². The predicted molar refractivity (Wildman–Crippen MR) is 160 cm³/mol. The molecule has 0 aliphatic heterocycles. The molecule has 47 heavy (non-hydrogen) atoms. The van der Waals surface area contributed by atoms with E-state index in [9.17, 15) is 42.1 Å². The van der Waals surface area contributed by atoms with E-state index in [2.05, 4.69) is 19.9 Å². The van der Waals surface area contributed by atoms with E-state index in [1.807, 2.05) is 47.9 Å². The lowest BCUT2D eigenvalue weighted by Gasteiger charge is -2.08. The fourth-order valence-electron chi connectivity index (χ4n) is 4.99. The Bertz CT molecular complexity index is 2630. The summed E-state index contributed by atoms with van der Waals surface area (Å²) in [5.74, 6) is -0.825. The highest BCUT2D eigenvalue weighted by Crippen LogP contribution is 2.35. The summed E-state index contributed by atoms with van der Waals surface area (Å²) in [5, 5.41) is 82.1. The Morgan fingerprint density at radius 3 is 1.30 bits per heavy atom. The van der Waals surface area contributed by atoms with Crippen molar-refractivity contribution in [2.24, 2.45) is 0 Å². The molecule has 0 atom stereocenters. The minimum absolute atomic E-state index is 0.0490. The summed E-state index contributed by atoms with van der Waals surface area (Å²) in [7, 11) is 0. The lowest BCUT2D eigenvalue weighted by Crippen LogP contribution is -2.17. The van der Waals surface area contributed by atoms with Gasteiger partial charge in [-0.15, -0.1) is 11.3 Å². The van der Waals surface area contributed by atoms with E-state index in [4.69, 9.17) is 9.97 Å². The lowest BCUT2D eigenvalue weighted by atomic mass is 10.0. The second-order valence-electron chi connectivity index (χ2n) is 9.23. The molecule has 5 heterocycles. The molecule has 210 valence electrons. The first-order valence-corrected chi connectivity index (χ1v) is 13.7. The summed E-state index contributed by atoms with van der Waals surface area (Å²) >= 11 is 1.44. The molecule has 0 saturated carbocycles. The van der Waals surface area contributed by atoms with E-state index < -0.39 is 11.6 Å². The second kappa shape index (κ2) is 11.5. The van der Waals surface area contributed by atoms with Crippen molar-refractivity contribution in [2.45, 2.75) is 0 Å². The van der Waals surface area contributed by atoms with Gasteiger partial charge in [0.05, 0.1) is 44.0 Å². The Morgan fingerprint density at radius 2 is 0.894 bits per heavy atom. The van der Waals surface area contributed by atoms with Crippen molar-refractivity contribution in [1.29, 1.82) is 42.1 Å². The van der Waals surface area contributed by atoms with Crippen LogP contribution in [-0.2, 0) is 0 Å². The Morgan fingerprint density at radius 1 is 0.468 bits per heavy atom. The standard InChI is InChI=1S/C32H6N14S/c33-7-18(28-22(9-35)41-26(13-39)42-23(28)10-36)20-3-1-15-16-5-6-47-32(16)17-2-4-21(46-31(17)30(15)45-20)19(8-34)29-24(11-37)43-27(14-40)44-25(29)12-38/h1-6H/b20-18+,21-19+. The van der Waals surface area contributed by atoms with Gasteiger partial charge in [0.25, 0.3) is 0 Å². The summed E-state index contributed by atoms with van der Waals surface area (Å²) in [6, 6.07) is 23.0. The first kappa shape index (κ1) is 28.9. The maximum atomic E-state index is 10.2. The van der Waals surface area contributed by atoms with Crippen molar-refractivity contribution in [3.63, 3.8) is 0 Å². The number of fused-ring (bicyclic) bond motifs is 6. The average Bonchev–Trinajstić information content (AvgIpc) is 3.62. The van der Waals surface area contributed by atoms with Gasteiger partial charge >= 0.3 is 0 Å². The number of pyridine rings is 2. The molecule has 0 bridgehead atoms. The Labute approximate surface area is 266 Å². The average molecular weight is 619 g/mol. The zero-order chi connectivity index (χ0) is 33.2. The molecule has 6 rings (SSSR count). The van der Waals surface area contributed by atoms with Crippen LogP contribution in [-0.4, -0.2) is 29.9 Å². The minimum Gasteiger partial charge on any atom is -0.245 e. The van der Waals surface area contributed by atoms with Crippen molar-refractivity contribution in [3.05, 3.63) is 92.0 Å². The van der Waals surface area contributed by atoms with Crippen LogP contribution < -0.4 is 10.7 Å². The largest absolute Gasteiger partial charge is 0.245 e. The maximum Gasteiger partial charge on any atom is 0.234 e. The number of nitrogens with zero attached hydrogens (tertiary/aromatic N) is 14. The van der Waals surface area contributed by atoms with Crippen molar-refractivity contribution < 1.29 is 0 Å². The Balaban J connectivity index is 1.79. The van der Waals surface area contributed by atoms with Gasteiger partial charge in [-0.25, -0.2) is 29.9 Å². The van der Waals surface area contributed by atoms with Crippen LogP contribution in [0.2, 0.25) is 0 Å². The monoisotopic (exact) mass is 618 g/mol. The van der Waals surface area contributed by atoms with Crippen LogP contribution in [0.4, 0.5) is 0 Å². The number of nitriles is 8. The van der Waals surface area contributed by atoms with Crippen LogP contribution in [0, 0.1) is 90.6 Å². The highest BCUT2D eigenvalue weighted by Gasteiger charge is 2.22. The molecule has 1 aromatic carbocycles. The van der Waals surface area contributed by atoms with E-state index in [0.29, 0.717) is 21.8 Å². The summed E-state index contributed by atoms with van der Waals surface area (Å²) < 4.78 is 0.847. The van der Waals surface area contributed by atoms with E-state index in [1.54, 1.807) is 24.3 Å². The Hall–Kier alpha value is -8.18. The lowest BCUT2D eigenvalue weighted by molar-refractivity contribution is 1.06. The first-order chi connectivity index (χ1) is 22.9. The fraction of sp³-hybridized carbons (Fsp3) is 0. The van der Waals surface area contributed by atoms with Gasteiger partial charge in [0.2, 0.25) is 11.6 Å². The van der Waals surface area contributed by atoms with Crippen LogP contribution in [0.5, 0.6) is 0 Å². The van der Waals surface area contributed by atoms with Gasteiger partial charge < -0.3 is 0 Å². The van der Waals surface area contributed by atoms with Crippen LogP contribution in [0.1, 0.15) is 45.6 Å². The first-order valence-electron chi connectivity index (χ1n) is 12.9. The molecule has 0 aliphatic rings. The molecular weight excluding hydrogens is 613 g/mol. The van der Waals surface area contributed by atoms with Gasteiger partial charge in [-0.05, 0) is 35.7 Å². The second-order valence-corrected chi connectivity index (χ2v) is 10.1. The molecule has 0 fully saturated rings. The minimum atomic E-state index is -0.412. The SMILES string of the molecule is N#C/C(c1c(C#N)nc(C#N)nc1C#N)=c1/ccc2c3ccsc3c3cc/c(=C(/C#N)c4c(C#N)nc(C#N)nc4C#N)nc3c2n1. The van der Waals surface area contributed by atoms with Crippen molar-refractivity contribution >= 4 is 54.4 Å². The van der Waals surface area contributed by atoms with E-state index in [-0.39, 0.29) is 55.7 Å². The highest BCUT2D eigenvalue weighted by atomic mass is 32.1. The summed E-state index contributed by atoms with van der Waals surface area (Å²) in [4.78, 5) is 25.0. The quantitative estimate of drug-likeness (QED) is 0.252. The predicted octanol–water partition coefficient (Wildman–Crippen LogP) is 2.25. The molecule has 0 saturated heterocycles. The molecule has 6 aromatic rings. The molecule has 0 unspecified atom stereocenters.